The molecule has 7 nitrogen and oxygen atoms in total. The van der Waals surface area contributed by atoms with Crippen molar-refractivity contribution in [3.63, 3.8) is 0 Å². The first-order valence-electron chi connectivity index (χ1n) is 8.79. The lowest BCUT2D eigenvalue weighted by Crippen LogP contribution is -2.28. The van der Waals surface area contributed by atoms with E-state index < -0.39 is 5.92 Å². The molecule has 0 aliphatic carbocycles. The molecule has 140 valence electrons. The third kappa shape index (κ3) is 3.53. The van der Waals surface area contributed by atoms with Crippen LogP contribution < -0.4 is 24.4 Å². The summed E-state index contributed by atoms with van der Waals surface area (Å²) in [4.78, 5) is 26.6. The molecule has 27 heavy (non-hydrogen) atoms. The fourth-order valence-electron chi connectivity index (χ4n) is 3.26. The van der Waals surface area contributed by atoms with Crippen LogP contribution in [0.2, 0.25) is 0 Å². The Morgan fingerprint density at radius 1 is 1.11 bits per heavy atom. The van der Waals surface area contributed by atoms with E-state index in [-0.39, 0.29) is 18.2 Å². The zero-order chi connectivity index (χ0) is 18.8. The van der Waals surface area contributed by atoms with Gasteiger partial charge in [0.25, 0.3) is 0 Å². The van der Waals surface area contributed by atoms with Crippen LogP contribution in [0.3, 0.4) is 0 Å². The number of hydrogen-bond acceptors (Lipinski definition) is 5. The van der Waals surface area contributed by atoms with Crippen LogP contribution in [0.1, 0.15) is 6.42 Å². The molecule has 0 saturated carbocycles. The smallest absolute Gasteiger partial charge is 0.229 e. The molecular formula is C20H20N2O5. The lowest BCUT2D eigenvalue weighted by Gasteiger charge is -2.19. The largest absolute Gasteiger partial charge is 0.497 e. The lowest BCUT2D eigenvalue weighted by molar-refractivity contribution is -0.122. The number of nitrogens with one attached hydrogen (secondary N) is 1. The third-order valence-electron chi connectivity index (χ3n) is 4.69. The van der Waals surface area contributed by atoms with Crippen LogP contribution in [0, 0.1) is 5.92 Å². The van der Waals surface area contributed by atoms with Crippen LogP contribution in [0.5, 0.6) is 17.2 Å². The van der Waals surface area contributed by atoms with E-state index in [2.05, 4.69) is 5.32 Å². The number of hydrogen-bond donors (Lipinski definition) is 1. The zero-order valence-electron chi connectivity index (χ0n) is 14.9. The van der Waals surface area contributed by atoms with Crippen molar-refractivity contribution in [3.8, 4) is 17.2 Å². The lowest BCUT2D eigenvalue weighted by atomic mass is 10.1. The molecule has 1 atom stereocenters. The van der Waals surface area contributed by atoms with E-state index in [4.69, 9.17) is 14.2 Å². The first-order chi connectivity index (χ1) is 13.1. The molecule has 2 aromatic rings. The van der Waals surface area contributed by atoms with Crippen molar-refractivity contribution >= 4 is 23.2 Å². The molecule has 2 heterocycles. The molecule has 1 saturated heterocycles. The Kier molecular flexibility index (Phi) is 4.58. The SMILES string of the molecule is COc1ccc(N2C[C@H](C(=O)Nc3ccc4c(c3)OCCO4)CC2=O)cc1. The minimum absolute atomic E-state index is 0.0671. The van der Waals surface area contributed by atoms with Gasteiger partial charge in [0.05, 0.1) is 13.0 Å². The Labute approximate surface area is 156 Å². The highest BCUT2D eigenvalue weighted by molar-refractivity contribution is 6.03. The van der Waals surface area contributed by atoms with Crippen molar-refractivity contribution in [1.29, 1.82) is 0 Å². The van der Waals surface area contributed by atoms with E-state index in [9.17, 15) is 9.59 Å². The van der Waals surface area contributed by atoms with Crippen molar-refractivity contribution < 1.29 is 23.8 Å². The van der Waals surface area contributed by atoms with Crippen molar-refractivity contribution in [1.82, 2.24) is 0 Å². The molecule has 0 spiro atoms. The molecule has 2 aliphatic heterocycles. The molecule has 0 radical (unpaired) electrons. The summed E-state index contributed by atoms with van der Waals surface area (Å²) in [6.45, 7) is 1.35. The summed E-state index contributed by atoms with van der Waals surface area (Å²) < 4.78 is 16.1. The van der Waals surface area contributed by atoms with Crippen LogP contribution in [-0.2, 0) is 9.59 Å². The monoisotopic (exact) mass is 368 g/mol. The molecule has 0 bridgehead atoms. The van der Waals surface area contributed by atoms with Gasteiger partial charge in [-0.05, 0) is 36.4 Å². The number of carbonyl (C=O) groups is 2. The van der Waals surface area contributed by atoms with Crippen LogP contribution in [0.4, 0.5) is 11.4 Å². The van der Waals surface area contributed by atoms with Crippen molar-refractivity contribution in [2.75, 3.05) is 37.1 Å². The van der Waals surface area contributed by atoms with E-state index in [0.29, 0.717) is 36.9 Å². The van der Waals surface area contributed by atoms with Gasteiger partial charge in [-0.1, -0.05) is 0 Å². The average Bonchev–Trinajstić information content (AvgIpc) is 3.10. The number of methoxy groups -OCH3 is 1. The predicted molar refractivity (Wildman–Crippen MR) is 99.5 cm³/mol. The maximum Gasteiger partial charge on any atom is 0.229 e. The molecule has 2 aliphatic rings. The Balaban J connectivity index is 1.43. The van der Waals surface area contributed by atoms with Crippen molar-refractivity contribution in [2.24, 2.45) is 5.92 Å². The molecule has 1 fully saturated rings. The van der Waals surface area contributed by atoms with Gasteiger partial charge in [-0.3, -0.25) is 9.59 Å². The Bertz CT molecular complexity index is 865. The fraction of sp³-hybridized carbons (Fsp3) is 0.300. The van der Waals surface area contributed by atoms with Gasteiger partial charge in [0.15, 0.2) is 11.5 Å². The number of nitrogens with zero attached hydrogens (tertiary/aromatic N) is 1. The van der Waals surface area contributed by atoms with E-state index in [1.807, 2.05) is 12.1 Å². The normalized spacial score (nSPS) is 18.3. The number of benzene rings is 2. The molecular weight excluding hydrogens is 348 g/mol. The highest BCUT2D eigenvalue weighted by Gasteiger charge is 2.35. The number of anilines is 2. The second-order valence-corrected chi connectivity index (χ2v) is 6.45. The van der Waals surface area contributed by atoms with E-state index in [0.717, 1.165) is 11.4 Å². The standard InChI is InChI=1S/C20H20N2O5/c1-25-16-5-3-15(4-6-16)22-12-13(10-19(22)23)20(24)21-14-2-7-17-18(11-14)27-9-8-26-17/h2-7,11,13H,8-10,12H2,1H3,(H,21,24)/t13-/m1/s1. The summed E-state index contributed by atoms with van der Waals surface area (Å²) in [5.74, 6) is 1.34. The van der Waals surface area contributed by atoms with E-state index >= 15 is 0 Å². The van der Waals surface area contributed by atoms with Gasteiger partial charge in [-0.2, -0.15) is 0 Å². The van der Waals surface area contributed by atoms with Gasteiger partial charge < -0.3 is 24.4 Å². The van der Waals surface area contributed by atoms with Gasteiger partial charge >= 0.3 is 0 Å². The Morgan fingerprint density at radius 3 is 2.59 bits per heavy atom. The zero-order valence-corrected chi connectivity index (χ0v) is 14.9. The molecule has 2 amide bonds. The quantitative estimate of drug-likeness (QED) is 0.897. The Morgan fingerprint density at radius 2 is 1.85 bits per heavy atom. The number of ether oxygens (including phenoxy) is 3. The highest BCUT2D eigenvalue weighted by Crippen LogP contribution is 2.33. The predicted octanol–water partition coefficient (Wildman–Crippen LogP) is 2.46. The van der Waals surface area contributed by atoms with Crippen molar-refractivity contribution in [2.45, 2.75) is 6.42 Å². The number of fused-ring (bicyclic) bond motifs is 1. The molecule has 2 aromatic carbocycles. The van der Waals surface area contributed by atoms with Gasteiger partial charge in [0.1, 0.15) is 19.0 Å². The van der Waals surface area contributed by atoms with Crippen LogP contribution >= 0.6 is 0 Å². The second kappa shape index (κ2) is 7.19. The number of amides is 2. The summed E-state index contributed by atoms with van der Waals surface area (Å²) in [6.07, 6.45) is 0.183. The summed E-state index contributed by atoms with van der Waals surface area (Å²) in [6, 6.07) is 12.5. The minimum atomic E-state index is -0.409. The molecule has 4 rings (SSSR count). The van der Waals surface area contributed by atoms with E-state index in [1.54, 1.807) is 42.3 Å². The molecule has 0 unspecified atom stereocenters. The maximum absolute atomic E-state index is 12.6. The Hall–Kier alpha value is -3.22. The summed E-state index contributed by atoms with van der Waals surface area (Å²) in [5.41, 5.74) is 1.38. The van der Waals surface area contributed by atoms with Gasteiger partial charge in [-0.15, -0.1) is 0 Å². The first kappa shape index (κ1) is 17.2. The number of rotatable bonds is 4. The van der Waals surface area contributed by atoms with Gasteiger partial charge in [0.2, 0.25) is 11.8 Å². The highest BCUT2D eigenvalue weighted by atomic mass is 16.6. The average molecular weight is 368 g/mol. The minimum Gasteiger partial charge on any atom is -0.497 e. The summed E-state index contributed by atoms with van der Waals surface area (Å²) in [7, 11) is 1.59. The van der Waals surface area contributed by atoms with E-state index in [1.165, 1.54) is 0 Å². The topological polar surface area (TPSA) is 77.1 Å². The third-order valence-corrected chi connectivity index (χ3v) is 4.69. The van der Waals surface area contributed by atoms with Crippen LogP contribution in [0.15, 0.2) is 42.5 Å². The fourth-order valence-corrected chi connectivity index (χ4v) is 3.26. The molecule has 7 heteroatoms. The maximum atomic E-state index is 12.6. The molecule has 1 N–H and O–H groups in total. The molecule has 0 aromatic heterocycles. The number of carbonyl (C=O) groups excluding carboxylic acids is 2. The van der Waals surface area contributed by atoms with Crippen LogP contribution in [-0.4, -0.2) is 38.7 Å². The first-order valence-corrected chi connectivity index (χ1v) is 8.79. The van der Waals surface area contributed by atoms with Crippen LogP contribution in [0.25, 0.3) is 0 Å². The second-order valence-electron chi connectivity index (χ2n) is 6.45. The van der Waals surface area contributed by atoms with Gasteiger partial charge in [-0.25, -0.2) is 0 Å². The van der Waals surface area contributed by atoms with Crippen molar-refractivity contribution in [3.05, 3.63) is 42.5 Å². The summed E-state index contributed by atoms with van der Waals surface area (Å²) in [5, 5.41) is 2.87. The van der Waals surface area contributed by atoms with Gasteiger partial charge in [0, 0.05) is 30.4 Å². The summed E-state index contributed by atoms with van der Waals surface area (Å²) >= 11 is 0.